The predicted molar refractivity (Wildman–Crippen MR) is 168 cm³/mol. The molecule has 0 unspecified atom stereocenters. The van der Waals surface area contributed by atoms with Crippen LogP contribution in [-0.4, -0.2) is 61.0 Å². The Hall–Kier alpha value is -2.62. The number of ether oxygens (including phenoxy) is 3. The molecule has 1 aromatic heterocycles. The summed E-state index contributed by atoms with van der Waals surface area (Å²) < 4.78 is 16.2. The van der Waals surface area contributed by atoms with E-state index < -0.39 is 17.9 Å². The summed E-state index contributed by atoms with van der Waals surface area (Å²) in [5.41, 5.74) is 1.54. The fourth-order valence-electron chi connectivity index (χ4n) is 5.61. The number of anilines is 1. The van der Waals surface area contributed by atoms with E-state index in [0.717, 1.165) is 62.1 Å². The van der Waals surface area contributed by atoms with Crippen LogP contribution < -0.4 is 4.90 Å². The standard InChI is InChI=1S/C32H44N2O6S.ClH/c1-21(2)38-31(37)40-32(4,5)39-30(36)28-26(20-27(41-28)23-10-8-7-9-11-23)34(25-16-18-33(6)19-17-25)29(35)24-14-12-22(3)13-15-24;/h7-11,20-22,24-25H,12-19H2,1-6H3;1H. The van der Waals surface area contributed by atoms with E-state index in [4.69, 9.17) is 14.2 Å². The molecule has 1 aliphatic carbocycles. The molecule has 0 N–H and O–H groups in total. The normalized spacial score (nSPS) is 20.0. The van der Waals surface area contributed by atoms with Gasteiger partial charge in [0.15, 0.2) is 0 Å². The Kier molecular flexibility index (Phi) is 11.9. The van der Waals surface area contributed by atoms with Gasteiger partial charge >= 0.3 is 12.1 Å². The number of thiophene rings is 1. The molecule has 0 atom stereocenters. The first-order chi connectivity index (χ1) is 19.4. The largest absolute Gasteiger partial charge is 0.511 e. The highest BCUT2D eigenvalue weighted by molar-refractivity contribution is 7.18. The average Bonchev–Trinajstić information content (AvgIpc) is 3.35. The molecule has 1 aliphatic heterocycles. The highest BCUT2D eigenvalue weighted by Gasteiger charge is 2.39. The van der Waals surface area contributed by atoms with Gasteiger partial charge in [-0.05, 0) is 90.1 Å². The third-order valence-corrected chi connectivity index (χ3v) is 9.02. The lowest BCUT2D eigenvalue weighted by Gasteiger charge is -2.40. The van der Waals surface area contributed by atoms with Gasteiger partial charge in [-0.25, -0.2) is 9.59 Å². The summed E-state index contributed by atoms with van der Waals surface area (Å²) in [5.74, 6) is -1.57. The lowest BCUT2D eigenvalue weighted by atomic mass is 9.82. The van der Waals surface area contributed by atoms with Crippen LogP contribution in [0.2, 0.25) is 0 Å². The van der Waals surface area contributed by atoms with Crippen molar-refractivity contribution >= 4 is 47.5 Å². The molecule has 4 rings (SSSR count). The van der Waals surface area contributed by atoms with Crippen LogP contribution in [0.3, 0.4) is 0 Å². The van der Waals surface area contributed by atoms with Crippen LogP contribution in [0.15, 0.2) is 36.4 Å². The number of benzene rings is 1. The van der Waals surface area contributed by atoms with E-state index in [9.17, 15) is 14.4 Å². The fourth-order valence-corrected chi connectivity index (χ4v) is 6.64. The van der Waals surface area contributed by atoms with E-state index in [1.54, 1.807) is 13.8 Å². The predicted octanol–water partition coefficient (Wildman–Crippen LogP) is 7.54. The first-order valence-electron chi connectivity index (χ1n) is 14.8. The summed E-state index contributed by atoms with van der Waals surface area (Å²) in [4.78, 5) is 45.7. The van der Waals surface area contributed by atoms with Gasteiger partial charge in [0.2, 0.25) is 5.91 Å². The summed E-state index contributed by atoms with van der Waals surface area (Å²) in [6.07, 6.45) is 4.15. The van der Waals surface area contributed by atoms with Crippen LogP contribution in [0.1, 0.15) is 82.8 Å². The second-order valence-electron chi connectivity index (χ2n) is 12.2. The highest BCUT2D eigenvalue weighted by Crippen LogP contribution is 2.42. The SMILES string of the molecule is CC1CCC(C(=O)N(c2cc(-c3ccccc3)sc2C(=O)OC(C)(C)OC(=O)OC(C)C)C2CCN(C)CC2)CC1.Cl. The van der Waals surface area contributed by atoms with E-state index >= 15 is 0 Å². The molecule has 0 bridgehead atoms. The van der Waals surface area contributed by atoms with Gasteiger partial charge in [-0.15, -0.1) is 23.7 Å². The number of halogens is 1. The van der Waals surface area contributed by atoms with Crippen molar-refractivity contribution in [2.45, 2.75) is 91.1 Å². The zero-order valence-electron chi connectivity index (χ0n) is 25.6. The van der Waals surface area contributed by atoms with E-state index in [0.29, 0.717) is 16.5 Å². The summed E-state index contributed by atoms with van der Waals surface area (Å²) in [7, 11) is 2.10. The number of hydrogen-bond acceptors (Lipinski definition) is 8. The number of carbonyl (C=O) groups is 3. The first kappa shape index (κ1) is 33.9. The molecule has 2 aromatic rings. The Morgan fingerprint density at radius 1 is 0.976 bits per heavy atom. The number of amides is 1. The molecule has 2 fully saturated rings. The zero-order chi connectivity index (χ0) is 29.7. The minimum absolute atomic E-state index is 0. The Bertz CT molecular complexity index is 1200. The number of hydrogen-bond donors (Lipinski definition) is 0. The lowest BCUT2D eigenvalue weighted by molar-refractivity contribution is -0.157. The van der Waals surface area contributed by atoms with Gasteiger partial charge < -0.3 is 24.0 Å². The number of carbonyl (C=O) groups excluding carboxylic acids is 3. The molecule has 2 heterocycles. The van der Waals surface area contributed by atoms with Crippen molar-refractivity contribution < 1.29 is 28.6 Å². The van der Waals surface area contributed by atoms with Gasteiger partial charge in [-0.3, -0.25) is 4.79 Å². The topological polar surface area (TPSA) is 85.4 Å². The van der Waals surface area contributed by atoms with Crippen molar-refractivity contribution in [3.8, 4) is 10.4 Å². The molecule has 10 heteroatoms. The van der Waals surface area contributed by atoms with Crippen LogP contribution in [0.25, 0.3) is 10.4 Å². The van der Waals surface area contributed by atoms with Gasteiger partial charge in [-0.2, -0.15) is 0 Å². The number of likely N-dealkylation sites (tertiary alicyclic amines) is 1. The second-order valence-corrected chi connectivity index (χ2v) is 13.3. The summed E-state index contributed by atoms with van der Waals surface area (Å²) in [5, 5.41) is 0. The molecular weight excluding hydrogens is 576 g/mol. The van der Waals surface area contributed by atoms with Crippen molar-refractivity contribution in [2.24, 2.45) is 11.8 Å². The maximum absolute atomic E-state index is 14.3. The molecule has 1 amide bonds. The molecule has 0 radical (unpaired) electrons. The van der Waals surface area contributed by atoms with Crippen molar-refractivity contribution in [2.75, 3.05) is 25.0 Å². The van der Waals surface area contributed by atoms with Crippen LogP contribution in [0.5, 0.6) is 0 Å². The maximum Gasteiger partial charge on any atom is 0.511 e. The quantitative estimate of drug-likeness (QED) is 0.222. The number of rotatable bonds is 8. The molecule has 0 spiro atoms. The van der Waals surface area contributed by atoms with E-state index in [2.05, 4.69) is 18.9 Å². The lowest BCUT2D eigenvalue weighted by Crippen LogP contribution is -2.49. The molecule has 1 saturated carbocycles. The Morgan fingerprint density at radius 3 is 2.19 bits per heavy atom. The van der Waals surface area contributed by atoms with Crippen molar-refractivity contribution in [1.82, 2.24) is 4.90 Å². The second kappa shape index (κ2) is 14.7. The molecule has 42 heavy (non-hydrogen) atoms. The summed E-state index contributed by atoms with van der Waals surface area (Å²) in [6, 6.07) is 11.8. The van der Waals surface area contributed by atoms with E-state index in [1.807, 2.05) is 41.3 Å². The highest BCUT2D eigenvalue weighted by atomic mass is 35.5. The number of nitrogens with zero attached hydrogens (tertiary/aromatic N) is 2. The third kappa shape index (κ3) is 8.71. The fraction of sp³-hybridized carbons (Fsp3) is 0.594. The van der Waals surface area contributed by atoms with Crippen LogP contribution in [-0.2, 0) is 19.0 Å². The Morgan fingerprint density at radius 2 is 1.60 bits per heavy atom. The maximum atomic E-state index is 14.3. The Labute approximate surface area is 260 Å². The Balaban J connectivity index is 0.00000484. The minimum atomic E-state index is -1.57. The zero-order valence-corrected chi connectivity index (χ0v) is 27.2. The van der Waals surface area contributed by atoms with E-state index in [-0.39, 0.29) is 36.4 Å². The van der Waals surface area contributed by atoms with Gasteiger partial charge in [0, 0.05) is 30.7 Å². The van der Waals surface area contributed by atoms with Crippen molar-refractivity contribution in [3.63, 3.8) is 0 Å². The van der Waals surface area contributed by atoms with Gasteiger partial charge in [0.05, 0.1) is 11.8 Å². The van der Waals surface area contributed by atoms with E-state index in [1.165, 1.54) is 25.2 Å². The van der Waals surface area contributed by atoms with Crippen LogP contribution in [0, 0.1) is 11.8 Å². The molecule has 2 aliphatic rings. The minimum Gasteiger partial charge on any atom is -0.431 e. The third-order valence-electron chi connectivity index (χ3n) is 7.87. The van der Waals surface area contributed by atoms with Crippen molar-refractivity contribution in [1.29, 1.82) is 0 Å². The first-order valence-corrected chi connectivity index (χ1v) is 15.6. The van der Waals surface area contributed by atoms with Crippen molar-refractivity contribution in [3.05, 3.63) is 41.3 Å². The number of piperidine rings is 1. The monoisotopic (exact) mass is 620 g/mol. The van der Waals surface area contributed by atoms with Crippen LogP contribution in [0.4, 0.5) is 10.5 Å². The van der Waals surface area contributed by atoms with Gasteiger partial charge in [0.25, 0.3) is 5.79 Å². The molecule has 1 aromatic carbocycles. The summed E-state index contributed by atoms with van der Waals surface area (Å²) >= 11 is 1.30. The van der Waals surface area contributed by atoms with Gasteiger partial charge in [-0.1, -0.05) is 37.3 Å². The van der Waals surface area contributed by atoms with Crippen LogP contribution >= 0.6 is 23.7 Å². The molecule has 1 saturated heterocycles. The molecule has 8 nitrogen and oxygen atoms in total. The number of esters is 1. The smallest absolute Gasteiger partial charge is 0.431 e. The molecule has 232 valence electrons. The average molecular weight is 621 g/mol. The molecular formula is C32H45ClN2O6S. The van der Waals surface area contributed by atoms with Gasteiger partial charge in [0.1, 0.15) is 4.88 Å². The summed E-state index contributed by atoms with van der Waals surface area (Å²) in [6.45, 7) is 10.4.